The second-order valence-electron chi connectivity index (χ2n) is 5.94. The zero-order valence-corrected chi connectivity index (χ0v) is 14.2. The predicted octanol–water partition coefficient (Wildman–Crippen LogP) is 1.98. The highest BCUT2D eigenvalue weighted by molar-refractivity contribution is 5.62. The van der Waals surface area contributed by atoms with Crippen molar-refractivity contribution in [3.8, 4) is 0 Å². The summed E-state index contributed by atoms with van der Waals surface area (Å²) in [6.07, 6.45) is 1.65. The fourth-order valence-corrected chi connectivity index (χ4v) is 2.73. The molecule has 1 fully saturated rings. The molecule has 1 aromatic carbocycles. The fraction of sp³-hybridized carbons (Fsp3) is 0.471. The molecule has 0 atom stereocenters. The maximum atomic E-state index is 5.35. The zero-order chi connectivity index (χ0) is 16.8. The molecule has 3 rings (SSSR count). The maximum Gasteiger partial charge on any atom is 0.249 e. The van der Waals surface area contributed by atoms with Gasteiger partial charge >= 0.3 is 0 Å². The van der Waals surface area contributed by atoms with Crippen molar-refractivity contribution in [3.63, 3.8) is 0 Å². The Labute approximate surface area is 142 Å². The summed E-state index contributed by atoms with van der Waals surface area (Å²) in [6.45, 7) is 9.53. The number of morpholine rings is 1. The van der Waals surface area contributed by atoms with Crippen LogP contribution in [0, 0.1) is 13.8 Å². The molecule has 7 heteroatoms. The molecule has 1 saturated heterocycles. The van der Waals surface area contributed by atoms with Crippen LogP contribution < -0.4 is 10.6 Å². The molecule has 0 amide bonds. The Hall–Kier alpha value is -2.25. The smallest absolute Gasteiger partial charge is 0.249 e. The second kappa shape index (κ2) is 8.03. The number of para-hydroxylation sites is 1. The standard InChI is InChI=1S/C17H24N6O/c1-13-4-3-5-14(2)16(13)21-17-20-15(12-19-22-17)18-6-7-23-8-10-24-11-9-23/h3-5,12H,6-11H2,1-2H3,(H2,18,20,21,22). The van der Waals surface area contributed by atoms with Gasteiger partial charge in [-0.3, -0.25) is 4.90 Å². The lowest BCUT2D eigenvalue weighted by molar-refractivity contribution is 0.0398. The molecule has 0 aliphatic carbocycles. The minimum atomic E-state index is 0.503. The minimum Gasteiger partial charge on any atom is -0.379 e. The van der Waals surface area contributed by atoms with Crippen LogP contribution in [-0.4, -0.2) is 59.5 Å². The van der Waals surface area contributed by atoms with Gasteiger partial charge in [-0.2, -0.15) is 10.1 Å². The van der Waals surface area contributed by atoms with E-state index in [1.54, 1.807) is 6.20 Å². The van der Waals surface area contributed by atoms with Gasteiger partial charge < -0.3 is 15.4 Å². The van der Waals surface area contributed by atoms with Crippen molar-refractivity contribution >= 4 is 17.5 Å². The van der Waals surface area contributed by atoms with Crippen molar-refractivity contribution in [1.29, 1.82) is 0 Å². The van der Waals surface area contributed by atoms with E-state index in [2.05, 4.69) is 56.7 Å². The van der Waals surface area contributed by atoms with E-state index in [1.807, 2.05) is 6.07 Å². The van der Waals surface area contributed by atoms with E-state index in [-0.39, 0.29) is 0 Å². The Morgan fingerprint density at radius 3 is 2.67 bits per heavy atom. The summed E-state index contributed by atoms with van der Waals surface area (Å²) in [4.78, 5) is 6.87. The first-order valence-electron chi connectivity index (χ1n) is 8.29. The summed E-state index contributed by atoms with van der Waals surface area (Å²) in [7, 11) is 0. The number of aryl methyl sites for hydroxylation is 2. The average molecular weight is 328 g/mol. The Bertz CT molecular complexity index is 652. The highest BCUT2D eigenvalue weighted by Gasteiger charge is 2.10. The molecule has 2 N–H and O–H groups in total. The first-order chi connectivity index (χ1) is 11.7. The highest BCUT2D eigenvalue weighted by Crippen LogP contribution is 2.22. The topological polar surface area (TPSA) is 75.2 Å². The van der Waals surface area contributed by atoms with Crippen molar-refractivity contribution in [2.45, 2.75) is 13.8 Å². The molecule has 0 saturated carbocycles. The lowest BCUT2D eigenvalue weighted by atomic mass is 10.1. The third kappa shape index (κ3) is 4.39. The molecular weight excluding hydrogens is 304 g/mol. The third-order valence-corrected chi connectivity index (χ3v) is 4.11. The number of hydrogen-bond acceptors (Lipinski definition) is 7. The van der Waals surface area contributed by atoms with Gasteiger partial charge in [-0.15, -0.1) is 5.10 Å². The zero-order valence-electron chi connectivity index (χ0n) is 14.2. The summed E-state index contributed by atoms with van der Waals surface area (Å²) in [6, 6.07) is 6.17. The highest BCUT2D eigenvalue weighted by atomic mass is 16.5. The van der Waals surface area contributed by atoms with Crippen LogP contribution in [-0.2, 0) is 4.74 Å². The van der Waals surface area contributed by atoms with Crippen molar-refractivity contribution in [1.82, 2.24) is 20.1 Å². The van der Waals surface area contributed by atoms with Crippen LogP contribution in [0.2, 0.25) is 0 Å². The first kappa shape index (κ1) is 16.6. The van der Waals surface area contributed by atoms with Gasteiger partial charge in [0.1, 0.15) is 0 Å². The number of benzene rings is 1. The molecule has 1 aliphatic rings. The second-order valence-corrected chi connectivity index (χ2v) is 5.94. The molecule has 24 heavy (non-hydrogen) atoms. The molecule has 7 nitrogen and oxygen atoms in total. The Balaban J connectivity index is 1.57. The number of ether oxygens (including phenoxy) is 1. The summed E-state index contributed by atoms with van der Waals surface area (Å²) in [5.41, 5.74) is 3.35. The van der Waals surface area contributed by atoms with Crippen LogP contribution >= 0.6 is 0 Å². The molecule has 128 valence electrons. The number of aromatic nitrogens is 3. The quantitative estimate of drug-likeness (QED) is 0.839. The van der Waals surface area contributed by atoms with Gasteiger partial charge in [-0.25, -0.2) is 0 Å². The maximum absolute atomic E-state index is 5.35. The van der Waals surface area contributed by atoms with Crippen LogP contribution in [0.25, 0.3) is 0 Å². The number of anilines is 3. The molecular formula is C17H24N6O. The lowest BCUT2D eigenvalue weighted by Crippen LogP contribution is -2.39. The fourth-order valence-electron chi connectivity index (χ4n) is 2.73. The Morgan fingerprint density at radius 2 is 1.92 bits per heavy atom. The van der Waals surface area contributed by atoms with Gasteiger partial charge in [-0.1, -0.05) is 18.2 Å². The van der Waals surface area contributed by atoms with Gasteiger partial charge in [-0.05, 0) is 25.0 Å². The number of rotatable bonds is 6. The molecule has 1 aliphatic heterocycles. The number of nitrogens with zero attached hydrogens (tertiary/aromatic N) is 4. The van der Waals surface area contributed by atoms with E-state index in [0.29, 0.717) is 5.95 Å². The van der Waals surface area contributed by atoms with E-state index in [9.17, 15) is 0 Å². The van der Waals surface area contributed by atoms with Crippen LogP contribution in [0.15, 0.2) is 24.4 Å². The van der Waals surface area contributed by atoms with E-state index >= 15 is 0 Å². The monoisotopic (exact) mass is 328 g/mol. The van der Waals surface area contributed by atoms with Crippen LogP contribution in [0.1, 0.15) is 11.1 Å². The van der Waals surface area contributed by atoms with Crippen molar-refractivity contribution in [2.75, 3.05) is 50.0 Å². The summed E-state index contributed by atoms with van der Waals surface area (Å²) in [5, 5.41) is 14.7. The van der Waals surface area contributed by atoms with Crippen LogP contribution in [0.5, 0.6) is 0 Å². The Morgan fingerprint density at radius 1 is 1.17 bits per heavy atom. The molecule has 1 aromatic heterocycles. The Kier molecular flexibility index (Phi) is 5.55. The predicted molar refractivity (Wildman–Crippen MR) is 94.8 cm³/mol. The SMILES string of the molecule is Cc1cccc(C)c1Nc1nncc(NCCN2CCOCC2)n1. The van der Waals surface area contributed by atoms with Gasteiger partial charge in [0.25, 0.3) is 0 Å². The largest absolute Gasteiger partial charge is 0.379 e. The number of hydrogen-bond donors (Lipinski definition) is 2. The molecule has 2 heterocycles. The van der Waals surface area contributed by atoms with Crippen LogP contribution in [0.4, 0.5) is 17.5 Å². The van der Waals surface area contributed by atoms with E-state index < -0.39 is 0 Å². The van der Waals surface area contributed by atoms with E-state index in [4.69, 9.17) is 4.74 Å². The average Bonchev–Trinajstić information content (AvgIpc) is 2.60. The van der Waals surface area contributed by atoms with E-state index in [1.165, 1.54) is 0 Å². The van der Waals surface area contributed by atoms with Crippen LogP contribution in [0.3, 0.4) is 0 Å². The van der Waals surface area contributed by atoms with Crippen molar-refractivity contribution in [3.05, 3.63) is 35.5 Å². The summed E-state index contributed by atoms with van der Waals surface area (Å²) in [5.74, 6) is 1.23. The molecule has 0 unspecified atom stereocenters. The van der Waals surface area contributed by atoms with Crippen molar-refractivity contribution in [2.24, 2.45) is 0 Å². The molecule has 0 bridgehead atoms. The van der Waals surface area contributed by atoms with E-state index in [0.717, 1.165) is 62.0 Å². The molecule has 0 spiro atoms. The molecule has 2 aromatic rings. The van der Waals surface area contributed by atoms with Gasteiger partial charge in [0.2, 0.25) is 5.95 Å². The van der Waals surface area contributed by atoms with Gasteiger partial charge in [0.05, 0.1) is 19.4 Å². The normalized spacial score (nSPS) is 15.2. The lowest BCUT2D eigenvalue weighted by Gasteiger charge is -2.26. The number of nitrogens with one attached hydrogen (secondary N) is 2. The molecule has 0 radical (unpaired) electrons. The van der Waals surface area contributed by atoms with Gasteiger partial charge in [0, 0.05) is 31.9 Å². The first-order valence-corrected chi connectivity index (χ1v) is 8.29. The summed E-state index contributed by atoms with van der Waals surface area (Å²) < 4.78 is 5.35. The summed E-state index contributed by atoms with van der Waals surface area (Å²) >= 11 is 0. The van der Waals surface area contributed by atoms with Crippen molar-refractivity contribution < 1.29 is 4.74 Å². The minimum absolute atomic E-state index is 0.503. The third-order valence-electron chi connectivity index (χ3n) is 4.11. The van der Waals surface area contributed by atoms with Gasteiger partial charge in [0.15, 0.2) is 5.82 Å².